The van der Waals surface area contributed by atoms with Crippen LogP contribution in [0.15, 0.2) is 12.2 Å². The van der Waals surface area contributed by atoms with Crippen molar-refractivity contribution in [2.75, 3.05) is 0 Å². The molecule has 0 bridgehead atoms. The van der Waals surface area contributed by atoms with E-state index in [0.29, 0.717) is 11.3 Å². The Labute approximate surface area is 92.9 Å². The van der Waals surface area contributed by atoms with Crippen molar-refractivity contribution in [3.05, 3.63) is 12.2 Å². The van der Waals surface area contributed by atoms with Gasteiger partial charge in [0.25, 0.3) is 0 Å². The summed E-state index contributed by atoms with van der Waals surface area (Å²) in [5.41, 5.74) is 1.66. The molecule has 0 aromatic rings. The summed E-state index contributed by atoms with van der Waals surface area (Å²) in [7, 11) is 0. The summed E-state index contributed by atoms with van der Waals surface area (Å²) in [4.78, 5) is 11.1. The normalized spacial score (nSPS) is 43.8. The van der Waals surface area contributed by atoms with Crippen LogP contribution >= 0.6 is 0 Å². The van der Waals surface area contributed by atoms with Crippen LogP contribution in [-0.4, -0.2) is 6.29 Å². The molecule has 0 spiro atoms. The summed E-state index contributed by atoms with van der Waals surface area (Å²) in [6, 6.07) is 0. The first-order valence-electron chi connectivity index (χ1n) is 6.02. The molecule has 0 N–H and O–H groups in total. The second kappa shape index (κ2) is 3.20. The Balaban J connectivity index is 2.19. The highest BCUT2D eigenvalue weighted by Crippen LogP contribution is 2.59. The van der Waals surface area contributed by atoms with Gasteiger partial charge in [-0.15, -0.1) is 0 Å². The second-order valence-electron chi connectivity index (χ2n) is 6.55. The van der Waals surface area contributed by atoms with Crippen LogP contribution in [0.1, 0.15) is 46.5 Å². The Hall–Kier alpha value is -0.590. The van der Waals surface area contributed by atoms with Crippen molar-refractivity contribution < 1.29 is 4.79 Å². The SMILES string of the molecule is C=C1CC(C)(C=O)CCC2C1CC2(C)C. The smallest absolute Gasteiger partial charge is 0.126 e. The predicted molar refractivity (Wildman–Crippen MR) is 62.5 cm³/mol. The highest BCUT2D eigenvalue weighted by Gasteiger charge is 2.50. The quantitative estimate of drug-likeness (QED) is 0.473. The topological polar surface area (TPSA) is 17.1 Å². The number of carbonyl (C=O) groups excluding carboxylic acids is 1. The maximum atomic E-state index is 11.1. The third-order valence-electron chi connectivity index (χ3n) is 4.70. The van der Waals surface area contributed by atoms with Crippen molar-refractivity contribution >= 4 is 6.29 Å². The standard InChI is InChI=1S/C14H22O/c1-10-7-14(4,9-15)6-5-12-11(10)8-13(12,2)3/h9,11-12H,1,5-8H2,2-4H3. The fourth-order valence-electron chi connectivity index (χ4n) is 3.59. The fraction of sp³-hybridized carbons (Fsp3) is 0.786. The van der Waals surface area contributed by atoms with Gasteiger partial charge in [0.2, 0.25) is 0 Å². The average Bonchev–Trinajstić information content (AvgIpc) is 2.23. The molecule has 0 aromatic carbocycles. The van der Waals surface area contributed by atoms with E-state index in [1.807, 2.05) is 0 Å². The average molecular weight is 206 g/mol. The molecule has 0 amide bonds. The van der Waals surface area contributed by atoms with E-state index in [2.05, 4.69) is 27.4 Å². The molecule has 2 aliphatic rings. The summed E-state index contributed by atoms with van der Waals surface area (Å²) >= 11 is 0. The van der Waals surface area contributed by atoms with E-state index in [4.69, 9.17) is 0 Å². The zero-order valence-electron chi connectivity index (χ0n) is 10.2. The van der Waals surface area contributed by atoms with Gasteiger partial charge >= 0.3 is 0 Å². The number of carbonyl (C=O) groups is 1. The van der Waals surface area contributed by atoms with Gasteiger partial charge in [-0.2, -0.15) is 0 Å². The van der Waals surface area contributed by atoms with Gasteiger partial charge in [-0.3, -0.25) is 0 Å². The van der Waals surface area contributed by atoms with Gasteiger partial charge in [0.1, 0.15) is 6.29 Å². The molecule has 2 aliphatic carbocycles. The molecule has 15 heavy (non-hydrogen) atoms. The number of aldehydes is 1. The minimum atomic E-state index is -0.134. The first-order chi connectivity index (χ1) is 6.88. The molecule has 0 aromatic heterocycles. The van der Waals surface area contributed by atoms with Crippen LogP contribution in [0.4, 0.5) is 0 Å². The van der Waals surface area contributed by atoms with Crippen LogP contribution in [0, 0.1) is 22.7 Å². The molecular formula is C14H22O. The maximum Gasteiger partial charge on any atom is 0.126 e. The Morgan fingerprint density at radius 2 is 2.07 bits per heavy atom. The van der Waals surface area contributed by atoms with E-state index in [1.165, 1.54) is 18.4 Å². The van der Waals surface area contributed by atoms with Gasteiger partial charge in [-0.1, -0.05) is 32.9 Å². The number of hydrogen-bond acceptors (Lipinski definition) is 1. The predicted octanol–water partition coefficient (Wildman–Crippen LogP) is 3.59. The van der Waals surface area contributed by atoms with E-state index in [0.717, 1.165) is 25.0 Å². The Morgan fingerprint density at radius 1 is 1.40 bits per heavy atom. The highest BCUT2D eigenvalue weighted by atomic mass is 16.1. The molecule has 2 saturated carbocycles. The molecule has 1 heteroatoms. The molecule has 0 saturated heterocycles. The molecule has 2 fully saturated rings. The minimum Gasteiger partial charge on any atom is -0.303 e. The summed E-state index contributed by atoms with van der Waals surface area (Å²) in [6.07, 6.45) is 5.57. The Kier molecular flexibility index (Phi) is 2.33. The molecule has 3 unspecified atom stereocenters. The van der Waals surface area contributed by atoms with Gasteiger partial charge in [0, 0.05) is 5.41 Å². The lowest BCUT2D eigenvalue weighted by Crippen LogP contribution is -2.43. The monoisotopic (exact) mass is 206 g/mol. The largest absolute Gasteiger partial charge is 0.303 e. The van der Waals surface area contributed by atoms with Gasteiger partial charge in [-0.25, -0.2) is 0 Å². The molecular weight excluding hydrogens is 184 g/mol. The van der Waals surface area contributed by atoms with E-state index in [1.54, 1.807) is 0 Å². The third-order valence-corrected chi connectivity index (χ3v) is 4.70. The van der Waals surface area contributed by atoms with Crippen molar-refractivity contribution in [1.29, 1.82) is 0 Å². The molecule has 3 atom stereocenters. The maximum absolute atomic E-state index is 11.1. The molecule has 2 rings (SSSR count). The highest BCUT2D eigenvalue weighted by molar-refractivity contribution is 5.59. The lowest BCUT2D eigenvalue weighted by molar-refractivity contribution is -0.115. The Morgan fingerprint density at radius 3 is 2.60 bits per heavy atom. The van der Waals surface area contributed by atoms with E-state index in [9.17, 15) is 4.79 Å². The second-order valence-corrected chi connectivity index (χ2v) is 6.55. The summed E-state index contributed by atoms with van der Waals surface area (Å²) in [5, 5.41) is 0. The van der Waals surface area contributed by atoms with Crippen LogP contribution in [-0.2, 0) is 4.79 Å². The lowest BCUT2D eigenvalue weighted by atomic mass is 9.53. The van der Waals surface area contributed by atoms with Crippen LogP contribution < -0.4 is 0 Å². The van der Waals surface area contributed by atoms with Crippen molar-refractivity contribution in [2.24, 2.45) is 22.7 Å². The number of hydrogen-bond donors (Lipinski definition) is 0. The molecule has 84 valence electrons. The van der Waals surface area contributed by atoms with Crippen LogP contribution in [0.3, 0.4) is 0 Å². The summed E-state index contributed by atoms with van der Waals surface area (Å²) < 4.78 is 0. The molecule has 0 aliphatic heterocycles. The van der Waals surface area contributed by atoms with Gasteiger partial charge in [0.05, 0.1) is 0 Å². The lowest BCUT2D eigenvalue weighted by Gasteiger charge is -2.52. The van der Waals surface area contributed by atoms with E-state index in [-0.39, 0.29) is 5.41 Å². The number of allylic oxidation sites excluding steroid dienone is 1. The molecule has 0 radical (unpaired) electrons. The van der Waals surface area contributed by atoms with E-state index < -0.39 is 0 Å². The van der Waals surface area contributed by atoms with Crippen molar-refractivity contribution in [2.45, 2.75) is 46.5 Å². The number of rotatable bonds is 1. The zero-order chi connectivity index (χ0) is 11.3. The van der Waals surface area contributed by atoms with Crippen molar-refractivity contribution in [3.8, 4) is 0 Å². The van der Waals surface area contributed by atoms with Crippen LogP contribution in [0.5, 0.6) is 0 Å². The first-order valence-corrected chi connectivity index (χ1v) is 6.02. The molecule has 0 heterocycles. The van der Waals surface area contributed by atoms with Crippen LogP contribution in [0.2, 0.25) is 0 Å². The molecule has 1 nitrogen and oxygen atoms in total. The first kappa shape index (κ1) is 10.9. The Bertz CT molecular complexity index is 302. The summed E-state index contributed by atoms with van der Waals surface area (Å²) in [6.45, 7) is 11.0. The fourth-order valence-corrected chi connectivity index (χ4v) is 3.59. The van der Waals surface area contributed by atoms with Gasteiger partial charge in [-0.05, 0) is 42.9 Å². The van der Waals surface area contributed by atoms with Gasteiger partial charge in [0.15, 0.2) is 0 Å². The van der Waals surface area contributed by atoms with Crippen LogP contribution in [0.25, 0.3) is 0 Å². The van der Waals surface area contributed by atoms with Crippen molar-refractivity contribution in [3.63, 3.8) is 0 Å². The van der Waals surface area contributed by atoms with Crippen molar-refractivity contribution in [1.82, 2.24) is 0 Å². The number of fused-ring (bicyclic) bond motifs is 1. The third kappa shape index (κ3) is 1.66. The van der Waals surface area contributed by atoms with Gasteiger partial charge < -0.3 is 4.79 Å². The minimum absolute atomic E-state index is 0.134. The summed E-state index contributed by atoms with van der Waals surface area (Å²) in [5.74, 6) is 1.47. The van der Waals surface area contributed by atoms with E-state index >= 15 is 0 Å². The zero-order valence-corrected chi connectivity index (χ0v) is 10.2.